The van der Waals surface area contributed by atoms with Gasteiger partial charge in [-0.2, -0.15) is 0 Å². The molecule has 0 aromatic rings. The van der Waals surface area contributed by atoms with Crippen LogP contribution in [0.5, 0.6) is 0 Å². The van der Waals surface area contributed by atoms with Crippen LogP contribution in [-0.2, 0) is 4.74 Å². The molecule has 16 heavy (non-hydrogen) atoms. The molecule has 3 heteroatoms. The van der Waals surface area contributed by atoms with Gasteiger partial charge in [-0.15, -0.1) is 0 Å². The van der Waals surface area contributed by atoms with E-state index in [9.17, 15) is 0 Å². The molecule has 0 saturated heterocycles. The maximum Gasteiger partial charge on any atom is 0.0987 e. The second-order valence-corrected chi connectivity index (χ2v) is 5.31. The molecule has 1 N–H and O–H groups in total. The summed E-state index contributed by atoms with van der Waals surface area (Å²) in [5.74, 6) is 2.19. The second-order valence-electron chi connectivity index (χ2n) is 5.31. The fourth-order valence-electron chi connectivity index (χ4n) is 2.37. The van der Waals surface area contributed by atoms with Gasteiger partial charge in [0.1, 0.15) is 0 Å². The van der Waals surface area contributed by atoms with Crippen LogP contribution in [0.3, 0.4) is 0 Å². The van der Waals surface area contributed by atoms with Crippen molar-refractivity contribution in [1.29, 1.82) is 5.41 Å². The van der Waals surface area contributed by atoms with E-state index in [1.807, 2.05) is 7.05 Å². The highest BCUT2D eigenvalue weighted by atomic mass is 16.5. The summed E-state index contributed by atoms with van der Waals surface area (Å²) in [5.41, 5.74) is 0. The van der Waals surface area contributed by atoms with Crippen LogP contribution in [0.1, 0.15) is 38.5 Å². The van der Waals surface area contributed by atoms with Crippen molar-refractivity contribution in [3.05, 3.63) is 0 Å². The van der Waals surface area contributed by atoms with Crippen LogP contribution in [0.4, 0.5) is 0 Å². The van der Waals surface area contributed by atoms with Crippen LogP contribution in [0.15, 0.2) is 0 Å². The Labute approximate surface area is 98.7 Å². The van der Waals surface area contributed by atoms with Crippen LogP contribution < -0.4 is 0 Å². The normalized spacial score (nSPS) is 21.3. The molecule has 2 aliphatic rings. The average Bonchev–Trinajstić information content (AvgIpc) is 2.95. The quantitative estimate of drug-likeness (QED) is 0.427. The molecule has 0 heterocycles. The highest BCUT2D eigenvalue weighted by Gasteiger charge is 2.23. The van der Waals surface area contributed by atoms with Gasteiger partial charge in [-0.25, -0.2) is 0 Å². The van der Waals surface area contributed by atoms with Crippen molar-refractivity contribution in [3.8, 4) is 0 Å². The van der Waals surface area contributed by atoms with E-state index in [1.165, 1.54) is 38.5 Å². The van der Waals surface area contributed by atoms with Gasteiger partial charge in [0.05, 0.1) is 12.4 Å². The summed E-state index contributed by atoms with van der Waals surface area (Å²) in [6.07, 6.45) is 7.75. The Hall–Kier alpha value is -0.570. The minimum atomic E-state index is 0.522. The largest absolute Gasteiger partial charge is 0.379 e. The summed E-state index contributed by atoms with van der Waals surface area (Å²) in [6.45, 7) is 2.59. The van der Waals surface area contributed by atoms with Gasteiger partial charge in [0.2, 0.25) is 0 Å². The van der Waals surface area contributed by atoms with Crippen molar-refractivity contribution in [2.24, 2.45) is 11.8 Å². The van der Waals surface area contributed by atoms with E-state index < -0.39 is 0 Å². The molecule has 0 aromatic heterocycles. The van der Waals surface area contributed by atoms with E-state index >= 15 is 0 Å². The Morgan fingerprint density at radius 1 is 1.25 bits per heavy atom. The zero-order valence-corrected chi connectivity index (χ0v) is 10.4. The topological polar surface area (TPSA) is 36.3 Å². The van der Waals surface area contributed by atoms with Gasteiger partial charge in [0.25, 0.3) is 0 Å². The minimum absolute atomic E-state index is 0.522. The van der Waals surface area contributed by atoms with Crippen LogP contribution in [-0.4, -0.2) is 37.5 Å². The van der Waals surface area contributed by atoms with Crippen molar-refractivity contribution in [2.75, 3.05) is 26.8 Å². The van der Waals surface area contributed by atoms with E-state index in [1.54, 1.807) is 0 Å². The van der Waals surface area contributed by atoms with Crippen LogP contribution >= 0.6 is 0 Å². The van der Waals surface area contributed by atoms with Crippen molar-refractivity contribution in [1.82, 2.24) is 4.90 Å². The summed E-state index contributed by atoms with van der Waals surface area (Å²) in [4.78, 5) is 2.07. The maximum absolute atomic E-state index is 8.09. The number of ether oxygens (including phenoxy) is 1. The number of hydrogen-bond donors (Lipinski definition) is 1. The molecule has 0 unspecified atom stereocenters. The lowest BCUT2D eigenvalue weighted by Crippen LogP contribution is -2.33. The molecular weight excluding hydrogens is 200 g/mol. The molecule has 0 aliphatic heterocycles. The Morgan fingerprint density at radius 3 is 2.56 bits per heavy atom. The van der Waals surface area contributed by atoms with Gasteiger partial charge in [0, 0.05) is 26.1 Å². The molecule has 2 rings (SSSR count). The Kier molecular flexibility index (Phi) is 4.22. The average molecular weight is 224 g/mol. The Balaban J connectivity index is 1.57. The lowest BCUT2D eigenvalue weighted by Gasteiger charge is -2.23. The highest BCUT2D eigenvalue weighted by Crippen LogP contribution is 2.29. The SMILES string of the molecule is CN(CCOCC1CC1)C(=N)C1CCCC1. The first-order valence-electron chi connectivity index (χ1n) is 6.64. The third-order valence-corrected chi connectivity index (χ3v) is 3.77. The van der Waals surface area contributed by atoms with E-state index in [2.05, 4.69) is 4.90 Å². The van der Waals surface area contributed by atoms with E-state index in [-0.39, 0.29) is 0 Å². The molecule has 2 fully saturated rings. The number of likely N-dealkylation sites (N-methyl/N-ethyl adjacent to an activating group) is 1. The van der Waals surface area contributed by atoms with Crippen molar-refractivity contribution in [3.63, 3.8) is 0 Å². The van der Waals surface area contributed by atoms with Gasteiger partial charge in [0.15, 0.2) is 0 Å². The number of nitrogens with zero attached hydrogens (tertiary/aromatic N) is 1. The van der Waals surface area contributed by atoms with Crippen molar-refractivity contribution in [2.45, 2.75) is 38.5 Å². The molecular formula is C13H24N2O. The fourth-order valence-corrected chi connectivity index (χ4v) is 2.37. The molecule has 0 radical (unpaired) electrons. The van der Waals surface area contributed by atoms with E-state index in [4.69, 9.17) is 10.1 Å². The number of rotatable bonds is 6. The molecule has 2 aliphatic carbocycles. The number of nitrogens with one attached hydrogen (secondary N) is 1. The van der Waals surface area contributed by atoms with Crippen molar-refractivity contribution < 1.29 is 4.74 Å². The third-order valence-electron chi connectivity index (χ3n) is 3.77. The van der Waals surface area contributed by atoms with Gasteiger partial charge >= 0.3 is 0 Å². The summed E-state index contributed by atoms with van der Waals surface area (Å²) >= 11 is 0. The summed E-state index contributed by atoms with van der Waals surface area (Å²) in [7, 11) is 2.03. The monoisotopic (exact) mass is 224 g/mol. The maximum atomic E-state index is 8.09. The Bertz CT molecular complexity index is 232. The fraction of sp³-hybridized carbons (Fsp3) is 0.923. The van der Waals surface area contributed by atoms with Crippen LogP contribution in [0.2, 0.25) is 0 Å². The standard InChI is InChI=1S/C13H24N2O/c1-15(8-9-16-10-11-6-7-11)13(14)12-4-2-3-5-12/h11-12,14H,2-10H2,1H3. The minimum Gasteiger partial charge on any atom is -0.379 e. The molecule has 0 bridgehead atoms. The zero-order chi connectivity index (χ0) is 11.4. The van der Waals surface area contributed by atoms with Gasteiger partial charge in [-0.1, -0.05) is 12.8 Å². The first-order chi connectivity index (χ1) is 7.77. The smallest absolute Gasteiger partial charge is 0.0987 e. The molecule has 2 saturated carbocycles. The molecule has 0 aromatic carbocycles. The molecule has 0 spiro atoms. The van der Waals surface area contributed by atoms with Crippen LogP contribution in [0, 0.1) is 17.2 Å². The van der Waals surface area contributed by atoms with E-state index in [0.29, 0.717) is 5.92 Å². The summed E-state index contributed by atoms with van der Waals surface area (Å²) in [6, 6.07) is 0. The number of amidine groups is 1. The zero-order valence-electron chi connectivity index (χ0n) is 10.4. The third kappa shape index (κ3) is 3.48. The van der Waals surface area contributed by atoms with E-state index in [0.717, 1.165) is 31.5 Å². The van der Waals surface area contributed by atoms with Gasteiger partial charge in [-0.05, 0) is 31.6 Å². The summed E-state index contributed by atoms with van der Waals surface area (Å²) < 4.78 is 5.60. The molecule has 92 valence electrons. The first kappa shape index (κ1) is 11.9. The van der Waals surface area contributed by atoms with Gasteiger partial charge < -0.3 is 9.64 Å². The lowest BCUT2D eigenvalue weighted by atomic mass is 10.1. The van der Waals surface area contributed by atoms with Crippen LogP contribution in [0.25, 0.3) is 0 Å². The molecule has 0 atom stereocenters. The second kappa shape index (κ2) is 5.67. The first-order valence-corrected chi connectivity index (χ1v) is 6.64. The van der Waals surface area contributed by atoms with Crippen molar-refractivity contribution >= 4 is 5.84 Å². The summed E-state index contributed by atoms with van der Waals surface area (Å²) in [5, 5.41) is 8.09. The predicted molar refractivity (Wildman–Crippen MR) is 65.9 cm³/mol. The Morgan fingerprint density at radius 2 is 1.94 bits per heavy atom. The van der Waals surface area contributed by atoms with Gasteiger partial charge in [-0.3, -0.25) is 5.41 Å². The highest BCUT2D eigenvalue weighted by molar-refractivity contribution is 5.81. The number of hydrogen-bond acceptors (Lipinski definition) is 2. The molecule has 0 amide bonds. The molecule has 3 nitrogen and oxygen atoms in total. The lowest BCUT2D eigenvalue weighted by molar-refractivity contribution is 0.114. The predicted octanol–water partition coefficient (Wildman–Crippen LogP) is 2.51.